The molecule has 1 aromatic carbocycles. The number of esters is 1. The van der Waals surface area contributed by atoms with Crippen molar-refractivity contribution in [3.8, 4) is 16.9 Å². The van der Waals surface area contributed by atoms with E-state index in [0.717, 1.165) is 5.56 Å². The Kier molecular flexibility index (Phi) is 4.55. The molecule has 25 heavy (non-hydrogen) atoms. The van der Waals surface area contributed by atoms with E-state index in [1.165, 1.54) is 18.0 Å². The number of amides is 1. The van der Waals surface area contributed by atoms with Crippen LogP contribution in [0.25, 0.3) is 16.8 Å². The SMILES string of the molecule is COC(=O)CNC(=O)c1cc(-c2ccccc2OC)c2nncn2n1. The Morgan fingerprint density at radius 2 is 2.00 bits per heavy atom. The van der Waals surface area contributed by atoms with Crippen LogP contribution in [-0.2, 0) is 9.53 Å². The summed E-state index contributed by atoms with van der Waals surface area (Å²) in [5, 5.41) is 14.5. The highest BCUT2D eigenvalue weighted by atomic mass is 16.5. The number of ether oxygens (including phenoxy) is 2. The maximum Gasteiger partial charge on any atom is 0.325 e. The Labute approximate surface area is 142 Å². The molecule has 0 fully saturated rings. The van der Waals surface area contributed by atoms with Crippen LogP contribution in [-0.4, -0.2) is 52.5 Å². The van der Waals surface area contributed by atoms with Crippen LogP contribution in [0.3, 0.4) is 0 Å². The second-order valence-electron chi connectivity index (χ2n) is 5.00. The van der Waals surface area contributed by atoms with Gasteiger partial charge in [-0.3, -0.25) is 9.59 Å². The summed E-state index contributed by atoms with van der Waals surface area (Å²) < 4.78 is 11.3. The van der Waals surface area contributed by atoms with Gasteiger partial charge in [0.15, 0.2) is 5.65 Å². The minimum Gasteiger partial charge on any atom is -0.496 e. The summed E-state index contributed by atoms with van der Waals surface area (Å²) in [4.78, 5) is 23.5. The molecule has 9 nitrogen and oxygen atoms in total. The average Bonchev–Trinajstić information content (AvgIpc) is 3.13. The molecule has 0 aliphatic heterocycles. The predicted octanol–water partition coefficient (Wildman–Crippen LogP) is 0.703. The third-order valence-electron chi connectivity index (χ3n) is 3.52. The highest BCUT2D eigenvalue weighted by molar-refractivity contribution is 5.96. The normalized spacial score (nSPS) is 10.5. The molecule has 3 aromatic rings. The fourth-order valence-electron chi connectivity index (χ4n) is 2.32. The van der Waals surface area contributed by atoms with E-state index >= 15 is 0 Å². The van der Waals surface area contributed by atoms with Crippen molar-refractivity contribution in [1.82, 2.24) is 25.1 Å². The molecule has 0 saturated heterocycles. The Hall–Kier alpha value is -3.49. The lowest BCUT2D eigenvalue weighted by atomic mass is 10.1. The number of nitrogens with one attached hydrogen (secondary N) is 1. The standard InChI is InChI=1S/C16H15N5O4/c1-24-13-6-4-3-5-10(13)11-7-12(16(23)17-8-14(22)25-2)20-21-9-18-19-15(11)21/h3-7,9H,8H2,1-2H3,(H,17,23). The summed E-state index contributed by atoms with van der Waals surface area (Å²) in [6, 6.07) is 8.92. The number of hydrogen-bond donors (Lipinski definition) is 1. The second-order valence-corrected chi connectivity index (χ2v) is 5.00. The summed E-state index contributed by atoms with van der Waals surface area (Å²) >= 11 is 0. The quantitative estimate of drug-likeness (QED) is 0.681. The van der Waals surface area contributed by atoms with Crippen molar-refractivity contribution in [3.05, 3.63) is 42.4 Å². The van der Waals surface area contributed by atoms with Crippen molar-refractivity contribution >= 4 is 17.5 Å². The van der Waals surface area contributed by atoms with E-state index in [1.54, 1.807) is 19.2 Å². The number of para-hydroxylation sites is 1. The van der Waals surface area contributed by atoms with E-state index in [2.05, 4.69) is 25.3 Å². The Morgan fingerprint density at radius 3 is 2.76 bits per heavy atom. The smallest absolute Gasteiger partial charge is 0.325 e. The van der Waals surface area contributed by atoms with Crippen molar-refractivity contribution in [1.29, 1.82) is 0 Å². The van der Waals surface area contributed by atoms with Crippen molar-refractivity contribution in [2.24, 2.45) is 0 Å². The first kappa shape index (κ1) is 16.4. The summed E-state index contributed by atoms with van der Waals surface area (Å²) in [5.41, 5.74) is 1.96. The number of aromatic nitrogens is 4. The van der Waals surface area contributed by atoms with Gasteiger partial charge in [-0.1, -0.05) is 18.2 Å². The zero-order valence-electron chi connectivity index (χ0n) is 13.6. The fourth-order valence-corrected chi connectivity index (χ4v) is 2.32. The first-order chi connectivity index (χ1) is 12.1. The topological polar surface area (TPSA) is 108 Å². The Morgan fingerprint density at radius 1 is 1.20 bits per heavy atom. The zero-order valence-corrected chi connectivity index (χ0v) is 13.6. The van der Waals surface area contributed by atoms with Gasteiger partial charge >= 0.3 is 5.97 Å². The van der Waals surface area contributed by atoms with Crippen molar-refractivity contribution in [2.75, 3.05) is 20.8 Å². The summed E-state index contributed by atoms with van der Waals surface area (Å²) in [6.45, 7) is -0.249. The van der Waals surface area contributed by atoms with E-state index in [0.29, 0.717) is 17.0 Å². The van der Waals surface area contributed by atoms with Gasteiger partial charge in [0.05, 0.1) is 14.2 Å². The van der Waals surface area contributed by atoms with Crippen LogP contribution in [0, 0.1) is 0 Å². The largest absolute Gasteiger partial charge is 0.496 e. The van der Waals surface area contributed by atoms with Gasteiger partial charge in [0.25, 0.3) is 5.91 Å². The van der Waals surface area contributed by atoms with Gasteiger partial charge in [-0.25, -0.2) is 0 Å². The van der Waals surface area contributed by atoms with Crippen LogP contribution < -0.4 is 10.1 Å². The van der Waals surface area contributed by atoms with Crippen LogP contribution in [0.2, 0.25) is 0 Å². The van der Waals surface area contributed by atoms with E-state index < -0.39 is 11.9 Å². The van der Waals surface area contributed by atoms with Crippen molar-refractivity contribution < 1.29 is 19.1 Å². The molecule has 0 radical (unpaired) electrons. The van der Waals surface area contributed by atoms with Crippen LogP contribution in [0.5, 0.6) is 5.75 Å². The van der Waals surface area contributed by atoms with E-state index in [1.807, 2.05) is 18.2 Å². The Balaban J connectivity index is 2.05. The van der Waals surface area contributed by atoms with Crippen molar-refractivity contribution in [2.45, 2.75) is 0 Å². The first-order valence-electron chi connectivity index (χ1n) is 7.33. The van der Waals surface area contributed by atoms with Crippen LogP contribution in [0.4, 0.5) is 0 Å². The fraction of sp³-hybridized carbons (Fsp3) is 0.188. The molecule has 0 bridgehead atoms. The molecule has 2 heterocycles. The number of carbonyl (C=O) groups excluding carboxylic acids is 2. The number of carbonyl (C=O) groups is 2. The lowest BCUT2D eigenvalue weighted by Gasteiger charge is -2.10. The van der Waals surface area contributed by atoms with Gasteiger partial charge in [0.2, 0.25) is 0 Å². The highest BCUT2D eigenvalue weighted by Crippen LogP contribution is 2.31. The second kappa shape index (κ2) is 6.95. The first-order valence-corrected chi connectivity index (χ1v) is 7.33. The molecule has 0 aliphatic carbocycles. The summed E-state index contributed by atoms with van der Waals surface area (Å²) in [6.07, 6.45) is 1.39. The monoisotopic (exact) mass is 341 g/mol. The predicted molar refractivity (Wildman–Crippen MR) is 87.1 cm³/mol. The van der Waals surface area contributed by atoms with Crippen molar-refractivity contribution in [3.63, 3.8) is 0 Å². The number of fused-ring (bicyclic) bond motifs is 1. The molecule has 0 aliphatic rings. The molecule has 0 unspecified atom stereocenters. The van der Waals surface area contributed by atoms with Gasteiger partial charge in [-0.2, -0.15) is 9.61 Å². The van der Waals surface area contributed by atoms with Gasteiger partial charge in [0.1, 0.15) is 24.3 Å². The molecular weight excluding hydrogens is 326 g/mol. The molecule has 1 N–H and O–H groups in total. The van der Waals surface area contributed by atoms with Gasteiger partial charge in [-0.15, -0.1) is 10.2 Å². The summed E-state index contributed by atoms with van der Waals surface area (Å²) in [7, 11) is 2.81. The van der Waals surface area contributed by atoms with E-state index in [4.69, 9.17) is 4.74 Å². The molecule has 2 aromatic heterocycles. The molecule has 3 rings (SSSR count). The highest BCUT2D eigenvalue weighted by Gasteiger charge is 2.17. The lowest BCUT2D eigenvalue weighted by molar-refractivity contribution is -0.139. The Bertz CT molecular complexity index is 937. The maximum absolute atomic E-state index is 12.3. The van der Waals surface area contributed by atoms with Crippen LogP contribution in [0.1, 0.15) is 10.5 Å². The molecule has 0 spiro atoms. The number of methoxy groups -OCH3 is 2. The molecular formula is C16H15N5O4. The van der Waals surface area contributed by atoms with Gasteiger partial charge < -0.3 is 14.8 Å². The van der Waals surface area contributed by atoms with E-state index in [9.17, 15) is 9.59 Å². The minimum absolute atomic E-state index is 0.108. The molecule has 128 valence electrons. The average molecular weight is 341 g/mol. The van der Waals surface area contributed by atoms with Crippen LogP contribution in [0.15, 0.2) is 36.7 Å². The van der Waals surface area contributed by atoms with E-state index in [-0.39, 0.29) is 12.2 Å². The van der Waals surface area contributed by atoms with Gasteiger partial charge in [0, 0.05) is 11.1 Å². The van der Waals surface area contributed by atoms with Gasteiger partial charge in [-0.05, 0) is 12.1 Å². The number of hydrogen-bond acceptors (Lipinski definition) is 7. The number of rotatable bonds is 5. The number of nitrogens with zero attached hydrogens (tertiary/aromatic N) is 4. The number of benzene rings is 1. The molecule has 9 heteroatoms. The lowest BCUT2D eigenvalue weighted by Crippen LogP contribution is -2.31. The zero-order chi connectivity index (χ0) is 17.8. The molecule has 0 saturated carbocycles. The third kappa shape index (κ3) is 3.25. The molecule has 0 atom stereocenters. The third-order valence-corrected chi connectivity index (χ3v) is 3.52. The minimum atomic E-state index is -0.552. The molecule has 1 amide bonds. The van der Waals surface area contributed by atoms with Crippen LogP contribution >= 0.6 is 0 Å². The summed E-state index contributed by atoms with van der Waals surface area (Å²) in [5.74, 6) is -0.444. The maximum atomic E-state index is 12.3.